The number of aromatic nitrogens is 2. The number of rotatable bonds is 1. The summed E-state index contributed by atoms with van der Waals surface area (Å²) in [6.45, 7) is 2.67. The first-order chi connectivity index (χ1) is 6.24. The van der Waals surface area contributed by atoms with E-state index in [-0.39, 0.29) is 0 Å². The van der Waals surface area contributed by atoms with Gasteiger partial charge in [0.05, 0.1) is 12.2 Å². The third-order valence-electron chi connectivity index (χ3n) is 2.69. The summed E-state index contributed by atoms with van der Waals surface area (Å²) >= 11 is 6.02. The molecular weight excluding hydrogens is 186 g/mol. The van der Waals surface area contributed by atoms with Crippen molar-refractivity contribution >= 4 is 11.6 Å². The van der Waals surface area contributed by atoms with Crippen LogP contribution < -0.4 is 5.73 Å². The first-order valence-electron chi connectivity index (χ1n) is 4.69. The maximum atomic E-state index is 6.02. The van der Waals surface area contributed by atoms with Gasteiger partial charge >= 0.3 is 0 Å². The molecule has 0 aromatic carbocycles. The number of fused-ring (bicyclic) bond motifs is 1. The van der Waals surface area contributed by atoms with Gasteiger partial charge in [0.25, 0.3) is 0 Å². The minimum absolute atomic E-state index is 0.476. The van der Waals surface area contributed by atoms with Crippen molar-refractivity contribution in [1.29, 1.82) is 0 Å². The summed E-state index contributed by atoms with van der Waals surface area (Å²) in [5.41, 5.74) is 6.77. The summed E-state index contributed by atoms with van der Waals surface area (Å²) in [7, 11) is 0. The maximum absolute atomic E-state index is 6.02. The van der Waals surface area contributed by atoms with Crippen molar-refractivity contribution in [3.63, 3.8) is 0 Å². The van der Waals surface area contributed by atoms with Crippen LogP contribution in [0.25, 0.3) is 0 Å². The van der Waals surface area contributed by atoms with Crippen LogP contribution in [-0.4, -0.2) is 9.55 Å². The van der Waals surface area contributed by atoms with Gasteiger partial charge in [0.2, 0.25) is 0 Å². The quantitative estimate of drug-likeness (QED) is 0.751. The Bertz CT molecular complexity index is 319. The van der Waals surface area contributed by atoms with E-state index in [9.17, 15) is 0 Å². The van der Waals surface area contributed by atoms with E-state index in [0.717, 1.165) is 12.2 Å². The third-order valence-corrected chi connectivity index (χ3v) is 3.00. The van der Waals surface area contributed by atoms with E-state index in [1.54, 1.807) is 0 Å². The number of hydrogen-bond donors (Lipinski definition) is 1. The Kier molecular flexibility index (Phi) is 2.30. The second-order valence-electron chi connectivity index (χ2n) is 3.58. The normalized spacial score (nSPS) is 21.6. The van der Waals surface area contributed by atoms with Crippen molar-refractivity contribution in [2.45, 2.75) is 38.8 Å². The highest BCUT2D eigenvalue weighted by atomic mass is 35.5. The Morgan fingerprint density at radius 2 is 2.46 bits per heavy atom. The van der Waals surface area contributed by atoms with E-state index in [1.807, 2.05) is 0 Å². The van der Waals surface area contributed by atoms with Gasteiger partial charge in [0.15, 0.2) is 5.15 Å². The summed E-state index contributed by atoms with van der Waals surface area (Å²) in [4.78, 5) is 4.26. The van der Waals surface area contributed by atoms with Gasteiger partial charge in [-0.25, -0.2) is 4.98 Å². The van der Waals surface area contributed by atoms with Crippen LogP contribution in [0.4, 0.5) is 0 Å². The fraction of sp³-hybridized carbons (Fsp3) is 0.667. The molecule has 2 rings (SSSR count). The number of nitrogens with two attached hydrogens (primary N) is 1. The summed E-state index contributed by atoms with van der Waals surface area (Å²) in [6, 6.07) is 0.502. The predicted octanol–water partition coefficient (Wildman–Crippen LogP) is 1.89. The van der Waals surface area contributed by atoms with Crippen molar-refractivity contribution in [3.8, 4) is 0 Å². The minimum atomic E-state index is 0.476. The van der Waals surface area contributed by atoms with Crippen LogP contribution in [-0.2, 0) is 13.0 Å². The Labute approximate surface area is 82.9 Å². The predicted molar refractivity (Wildman–Crippen MR) is 52.8 cm³/mol. The van der Waals surface area contributed by atoms with Gasteiger partial charge < -0.3 is 10.3 Å². The molecule has 2 heterocycles. The standard InChI is InChI=1S/C9H14ClN3/c1-6-3-2-4-7-9(10)12-8(5-11)13(6)7/h6H,2-5,11H2,1H3. The van der Waals surface area contributed by atoms with Crippen LogP contribution in [0, 0.1) is 0 Å². The molecule has 0 amide bonds. The molecule has 3 nitrogen and oxygen atoms in total. The molecule has 0 fully saturated rings. The van der Waals surface area contributed by atoms with Crippen LogP contribution >= 0.6 is 11.6 Å². The van der Waals surface area contributed by atoms with E-state index >= 15 is 0 Å². The second-order valence-corrected chi connectivity index (χ2v) is 3.94. The molecule has 0 saturated heterocycles. The molecule has 1 aromatic heterocycles. The first kappa shape index (κ1) is 9.03. The highest BCUT2D eigenvalue weighted by Crippen LogP contribution is 2.30. The largest absolute Gasteiger partial charge is 0.327 e. The van der Waals surface area contributed by atoms with E-state index in [1.165, 1.54) is 18.5 Å². The zero-order valence-electron chi connectivity index (χ0n) is 7.76. The Balaban J connectivity index is 2.52. The van der Waals surface area contributed by atoms with Gasteiger partial charge in [-0.05, 0) is 26.2 Å². The highest BCUT2D eigenvalue weighted by Gasteiger charge is 2.22. The van der Waals surface area contributed by atoms with Crippen molar-refractivity contribution in [3.05, 3.63) is 16.7 Å². The molecule has 13 heavy (non-hydrogen) atoms. The average molecular weight is 200 g/mol. The molecule has 0 radical (unpaired) electrons. The molecule has 2 N–H and O–H groups in total. The number of halogens is 1. The monoisotopic (exact) mass is 199 g/mol. The van der Waals surface area contributed by atoms with Crippen LogP contribution in [0.3, 0.4) is 0 Å². The second kappa shape index (κ2) is 3.31. The number of nitrogens with zero attached hydrogens (tertiary/aromatic N) is 2. The molecule has 72 valence electrons. The maximum Gasteiger partial charge on any atom is 0.150 e. The number of imidazole rings is 1. The Morgan fingerprint density at radius 1 is 1.69 bits per heavy atom. The first-order valence-corrected chi connectivity index (χ1v) is 5.07. The smallest absolute Gasteiger partial charge is 0.150 e. The van der Waals surface area contributed by atoms with Crippen molar-refractivity contribution < 1.29 is 0 Å². The molecule has 0 spiro atoms. The van der Waals surface area contributed by atoms with E-state index in [0.29, 0.717) is 17.7 Å². The summed E-state index contributed by atoms with van der Waals surface area (Å²) in [5, 5.41) is 0.645. The molecular formula is C9H14ClN3. The summed E-state index contributed by atoms with van der Waals surface area (Å²) < 4.78 is 2.20. The average Bonchev–Trinajstić information content (AvgIpc) is 2.45. The minimum Gasteiger partial charge on any atom is -0.327 e. The summed E-state index contributed by atoms with van der Waals surface area (Å²) in [5.74, 6) is 0.923. The molecule has 4 heteroatoms. The molecule has 0 bridgehead atoms. The van der Waals surface area contributed by atoms with E-state index in [4.69, 9.17) is 17.3 Å². The van der Waals surface area contributed by atoms with Crippen molar-refractivity contribution in [2.24, 2.45) is 5.73 Å². The van der Waals surface area contributed by atoms with E-state index < -0.39 is 0 Å². The lowest BCUT2D eigenvalue weighted by atomic mass is 10.0. The fourth-order valence-electron chi connectivity index (χ4n) is 2.07. The molecule has 0 aliphatic carbocycles. The van der Waals surface area contributed by atoms with Gasteiger partial charge in [0.1, 0.15) is 5.82 Å². The lowest BCUT2D eigenvalue weighted by Crippen LogP contribution is -2.18. The van der Waals surface area contributed by atoms with Crippen LogP contribution in [0.15, 0.2) is 0 Å². The van der Waals surface area contributed by atoms with Crippen LogP contribution in [0.1, 0.15) is 37.3 Å². The molecule has 1 unspecified atom stereocenters. The Morgan fingerprint density at radius 3 is 3.15 bits per heavy atom. The van der Waals surface area contributed by atoms with Gasteiger partial charge in [-0.3, -0.25) is 0 Å². The van der Waals surface area contributed by atoms with Gasteiger partial charge in [0, 0.05) is 6.04 Å². The zero-order chi connectivity index (χ0) is 9.42. The van der Waals surface area contributed by atoms with Crippen molar-refractivity contribution in [1.82, 2.24) is 9.55 Å². The molecule has 1 aliphatic heterocycles. The molecule has 0 saturated carbocycles. The molecule has 1 aliphatic rings. The van der Waals surface area contributed by atoms with Crippen molar-refractivity contribution in [2.75, 3.05) is 0 Å². The molecule has 1 atom stereocenters. The Hall–Kier alpha value is -0.540. The van der Waals surface area contributed by atoms with Gasteiger partial charge in [-0.1, -0.05) is 11.6 Å². The van der Waals surface area contributed by atoms with Gasteiger partial charge in [-0.15, -0.1) is 0 Å². The lowest BCUT2D eigenvalue weighted by molar-refractivity contribution is 0.419. The highest BCUT2D eigenvalue weighted by molar-refractivity contribution is 6.30. The summed E-state index contributed by atoms with van der Waals surface area (Å²) in [6.07, 6.45) is 3.44. The lowest BCUT2D eigenvalue weighted by Gasteiger charge is -2.23. The van der Waals surface area contributed by atoms with Gasteiger partial charge in [-0.2, -0.15) is 0 Å². The topological polar surface area (TPSA) is 43.8 Å². The zero-order valence-corrected chi connectivity index (χ0v) is 8.51. The molecule has 1 aromatic rings. The SMILES string of the molecule is CC1CCCc2c(Cl)nc(CN)n21. The van der Waals surface area contributed by atoms with Crippen LogP contribution in [0.5, 0.6) is 0 Å². The third kappa shape index (κ3) is 1.36. The number of hydrogen-bond acceptors (Lipinski definition) is 2. The van der Waals surface area contributed by atoms with Crippen LogP contribution in [0.2, 0.25) is 5.15 Å². The van der Waals surface area contributed by atoms with E-state index in [2.05, 4.69) is 16.5 Å². The fourth-order valence-corrected chi connectivity index (χ4v) is 2.35.